The lowest BCUT2D eigenvalue weighted by Gasteiger charge is -2.21. The predicted molar refractivity (Wildman–Crippen MR) is 120 cm³/mol. The molecule has 8 heteroatoms. The minimum Gasteiger partial charge on any atom is -0.497 e. The molecule has 0 aliphatic carbocycles. The molecule has 1 aliphatic heterocycles. The van der Waals surface area contributed by atoms with E-state index < -0.39 is 0 Å². The Bertz CT molecular complexity index is 1030. The SMILES string of the molecule is CN=CC(=CN)c1nc(N)cc(-c2cc(OC)cc(N3CCC(OC)C3)c2)c1C#N. The van der Waals surface area contributed by atoms with Gasteiger partial charge in [-0.2, -0.15) is 5.26 Å². The lowest BCUT2D eigenvalue weighted by atomic mass is 9.96. The summed E-state index contributed by atoms with van der Waals surface area (Å²) in [4.78, 5) is 10.6. The van der Waals surface area contributed by atoms with Gasteiger partial charge < -0.3 is 25.8 Å². The zero-order chi connectivity index (χ0) is 21.7. The maximum absolute atomic E-state index is 9.94. The highest BCUT2D eigenvalue weighted by Crippen LogP contribution is 2.36. The first kappa shape index (κ1) is 21.1. The highest BCUT2D eigenvalue weighted by molar-refractivity contribution is 6.10. The third-order valence-electron chi connectivity index (χ3n) is 5.15. The molecule has 0 amide bonds. The number of rotatable bonds is 6. The molecule has 2 heterocycles. The Labute approximate surface area is 176 Å². The molecule has 1 fully saturated rings. The van der Waals surface area contributed by atoms with Gasteiger partial charge in [-0.25, -0.2) is 4.98 Å². The van der Waals surface area contributed by atoms with Gasteiger partial charge in [-0.05, 0) is 30.2 Å². The van der Waals surface area contributed by atoms with E-state index in [0.717, 1.165) is 30.8 Å². The van der Waals surface area contributed by atoms with E-state index in [1.54, 1.807) is 33.5 Å². The Morgan fingerprint density at radius 1 is 1.33 bits per heavy atom. The first-order chi connectivity index (χ1) is 14.5. The van der Waals surface area contributed by atoms with Gasteiger partial charge in [0.25, 0.3) is 0 Å². The van der Waals surface area contributed by atoms with E-state index in [-0.39, 0.29) is 11.9 Å². The Kier molecular flexibility index (Phi) is 6.54. The molecule has 0 bridgehead atoms. The van der Waals surface area contributed by atoms with Crippen molar-refractivity contribution in [3.05, 3.63) is 41.7 Å². The lowest BCUT2D eigenvalue weighted by molar-refractivity contribution is 0.121. The van der Waals surface area contributed by atoms with E-state index in [1.165, 1.54) is 6.20 Å². The quantitative estimate of drug-likeness (QED) is 0.706. The van der Waals surface area contributed by atoms with Crippen LogP contribution in [-0.4, -0.2) is 51.7 Å². The third-order valence-corrected chi connectivity index (χ3v) is 5.15. The number of allylic oxidation sites excluding steroid dienone is 1. The number of nitrogen functional groups attached to an aromatic ring is 1. The van der Waals surface area contributed by atoms with Crippen molar-refractivity contribution in [2.45, 2.75) is 12.5 Å². The van der Waals surface area contributed by atoms with Crippen molar-refractivity contribution in [1.29, 1.82) is 5.26 Å². The first-order valence-electron chi connectivity index (χ1n) is 9.56. The van der Waals surface area contributed by atoms with Crippen LogP contribution in [0, 0.1) is 11.3 Å². The molecular formula is C22H26N6O2. The molecule has 0 radical (unpaired) electrons. The van der Waals surface area contributed by atoms with Crippen LogP contribution in [0.25, 0.3) is 16.7 Å². The molecule has 1 aromatic heterocycles. The summed E-state index contributed by atoms with van der Waals surface area (Å²) in [5, 5.41) is 9.94. The lowest BCUT2D eigenvalue weighted by Crippen LogP contribution is -2.22. The fraction of sp³-hybridized carbons (Fsp3) is 0.318. The molecule has 1 saturated heterocycles. The predicted octanol–water partition coefficient (Wildman–Crippen LogP) is 2.44. The second kappa shape index (κ2) is 9.29. The number of pyridine rings is 1. The van der Waals surface area contributed by atoms with Gasteiger partial charge in [0, 0.05) is 62.6 Å². The monoisotopic (exact) mass is 406 g/mol. The van der Waals surface area contributed by atoms with Crippen LogP contribution in [-0.2, 0) is 4.74 Å². The van der Waals surface area contributed by atoms with Gasteiger partial charge in [0.15, 0.2) is 0 Å². The van der Waals surface area contributed by atoms with E-state index >= 15 is 0 Å². The molecule has 1 unspecified atom stereocenters. The summed E-state index contributed by atoms with van der Waals surface area (Å²) in [5.41, 5.74) is 15.6. The largest absolute Gasteiger partial charge is 0.497 e. The van der Waals surface area contributed by atoms with Crippen LogP contribution in [0.5, 0.6) is 5.75 Å². The van der Waals surface area contributed by atoms with Gasteiger partial charge in [0.1, 0.15) is 17.6 Å². The van der Waals surface area contributed by atoms with Gasteiger partial charge in [0.2, 0.25) is 0 Å². The summed E-state index contributed by atoms with van der Waals surface area (Å²) in [6.07, 6.45) is 4.08. The topological polar surface area (TPSA) is 123 Å². The summed E-state index contributed by atoms with van der Waals surface area (Å²) in [7, 11) is 4.98. The first-order valence-corrected chi connectivity index (χ1v) is 9.56. The van der Waals surface area contributed by atoms with E-state index in [9.17, 15) is 5.26 Å². The Morgan fingerprint density at radius 2 is 2.13 bits per heavy atom. The van der Waals surface area contributed by atoms with Gasteiger partial charge in [0.05, 0.1) is 24.5 Å². The molecule has 8 nitrogen and oxygen atoms in total. The number of methoxy groups -OCH3 is 2. The average Bonchev–Trinajstić information content (AvgIpc) is 3.26. The maximum Gasteiger partial charge on any atom is 0.124 e. The van der Waals surface area contributed by atoms with Gasteiger partial charge in [-0.15, -0.1) is 0 Å². The molecule has 0 spiro atoms. The number of hydrogen-bond acceptors (Lipinski definition) is 8. The van der Waals surface area contributed by atoms with Crippen molar-refractivity contribution in [1.82, 2.24) is 4.98 Å². The van der Waals surface area contributed by atoms with Crippen LogP contribution >= 0.6 is 0 Å². The number of aromatic nitrogens is 1. The van der Waals surface area contributed by atoms with Crippen molar-refractivity contribution in [3.8, 4) is 22.9 Å². The Balaban J connectivity index is 2.17. The van der Waals surface area contributed by atoms with Crippen molar-refractivity contribution in [2.75, 3.05) is 45.0 Å². The highest BCUT2D eigenvalue weighted by atomic mass is 16.5. The number of nitrogens with zero attached hydrogens (tertiary/aromatic N) is 4. The summed E-state index contributed by atoms with van der Waals surface area (Å²) in [6.45, 7) is 1.68. The molecule has 3 rings (SSSR count). The van der Waals surface area contributed by atoms with Crippen molar-refractivity contribution < 1.29 is 9.47 Å². The zero-order valence-electron chi connectivity index (χ0n) is 17.4. The summed E-state index contributed by atoms with van der Waals surface area (Å²) >= 11 is 0. The van der Waals surface area contributed by atoms with E-state index in [2.05, 4.69) is 20.9 Å². The van der Waals surface area contributed by atoms with Crippen molar-refractivity contribution >= 4 is 23.3 Å². The summed E-state index contributed by atoms with van der Waals surface area (Å²) in [6, 6.07) is 9.84. The molecular weight excluding hydrogens is 380 g/mol. The zero-order valence-corrected chi connectivity index (χ0v) is 17.4. The van der Waals surface area contributed by atoms with E-state index in [4.69, 9.17) is 20.9 Å². The van der Waals surface area contributed by atoms with Crippen LogP contribution in [0.3, 0.4) is 0 Å². The number of anilines is 2. The molecule has 1 aliphatic rings. The standard InChI is InChI=1S/C22H26N6O2/c1-26-12-15(10-23)22-20(11-24)19(9-21(25)27-22)14-6-16(8-18(7-14)30-3)28-5-4-17(13-28)29-2/h6-10,12,17H,4-5,13,23H2,1-3H3,(H2,25,27). The number of aliphatic imine (C=N–C) groups is 1. The second-order valence-corrected chi connectivity index (χ2v) is 6.95. The number of nitriles is 1. The Hall–Kier alpha value is -3.57. The molecule has 1 aromatic carbocycles. The van der Waals surface area contributed by atoms with Crippen molar-refractivity contribution in [3.63, 3.8) is 0 Å². The fourth-order valence-electron chi connectivity index (χ4n) is 3.63. The Morgan fingerprint density at radius 3 is 2.73 bits per heavy atom. The summed E-state index contributed by atoms with van der Waals surface area (Å²) < 4.78 is 11.0. The van der Waals surface area contributed by atoms with E-state index in [0.29, 0.717) is 28.1 Å². The molecule has 0 saturated carbocycles. The molecule has 2 aromatic rings. The smallest absolute Gasteiger partial charge is 0.124 e. The van der Waals surface area contributed by atoms with Crippen LogP contribution in [0.1, 0.15) is 17.7 Å². The fourth-order valence-corrected chi connectivity index (χ4v) is 3.63. The molecule has 156 valence electrons. The normalized spacial score (nSPS) is 16.8. The molecule has 1 atom stereocenters. The molecule has 30 heavy (non-hydrogen) atoms. The molecule has 4 N–H and O–H groups in total. The summed E-state index contributed by atoms with van der Waals surface area (Å²) in [5.74, 6) is 0.974. The minimum atomic E-state index is 0.197. The number of benzene rings is 1. The number of ether oxygens (including phenoxy) is 2. The maximum atomic E-state index is 9.94. The number of hydrogen-bond donors (Lipinski definition) is 2. The van der Waals surface area contributed by atoms with Gasteiger partial charge in [-0.1, -0.05) is 0 Å². The number of nitrogens with two attached hydrogens (primary N) is 2. The van der Waals surface area contributed by atoms with Crippen LogP contribution in [0.15, 0.2) is 35.5 Å². The van der Waals surface area contributed by atoms with Crippen LogP contribution < -0.4 is 21.1 Å². The van der Waals surface area contributed by atoms with Gasteiger partial charge in [-0.3, -0.25) is 4.99 Å². The van der Waals surface area contributed by atoms with Crippen LogP contribution in [0.2, 0.25) is 0 Å². The average molecular weight is 406 g/mol. The van der Waals surface area contributed by atoms with Gasteiger partial charge >= 0.3 is 0 Å². The van der Waals surface area contributed by atoms with E-state index in [1.807, 2.05) is 18.2 Å². The van der Waals surface area contributed by atoms with Crippen LogP contribution in [0.4, 0.5) is 11.5 Å². The second-order valence-electron chi connectivity index (χ2n) is 6.95. The minimum absolute atomic E-state index is 0.197. The van der Waals surface area contributed by atoms with Crippen molar-refractivity contribution in [2.24, 2.45) is 10.7 Å². The third kappa shape index (κ3) is 4.21. The highest BCUT2D eigenvalue weighted by Gasteiger charge is 2.24.